The number of hydrogen-bond donors (Lipinski definition) is 2. The zero-order valence-corrected chi connectivity index (χ0v) is 21.2. The van der Waals surface area contributed by atoms with Crippen molar-refractivity contribution in [1.82, 2.24) is 19.5 Å². The number of aromatic amines is 1. The predicted molar refractivity (Wildman–Crippen MR) is 145 cm³/mol. The zero-order valence-electron chi connectivity index (χ0n) is 20.5. The Morgan fingerprint density at radius 2 is 1.89 bits per heavy atom. The lowest BCUT2D eigenvalue weighted by Crippen LogP contribution is -2.18. The molecule has 1 aliphatic carbocycles. The van der Waals surface area contributed by atoms with Crippen LogP contribution in [0.3, 0.4) is 0 Å². The van der Waals surface area contributed by atoms with Crippen LogP contribution in [0.4, 0.5) is 10.3 Å². The summed E-state index contributed by atoms with van der Waals surface area (Å²) in [5.41, 5.74) is 2.98. The molecule has 1 fully saturated rings. The molecule has 0 bridgehead atoms. The molecule has 1 aliphatic rings. The Labute approximate surface area is 223 Å². The molecule has 2 N–H and O–H groups in total. The van der Waals surface area contributed by atoms with Gasteiger partial charge in [0.25, 0.3) is 5.91 Å². The minimum atomic E-state index is -0.521. The molecule has 1 amide bonds. The van der Waals surface area contributed by atoms with E-state index >= 15 is 0 Å². The summed E-state index contributed by atoms with van der Waals surface area (Å²) in [6.07, 6.45) is 5.68. The highest BCUT2D eigenvalue weighted by molar-refractivity contribution is 6.33. The van der Waals surface area contributed by atoms with Crippen molar-refractivity contribution in [2.24, 2.45) is 0 Å². The fourth-order valence-corrected chi connectivity index (χ4v) is 5.23. The highest BCUT2D eigenvalue weighted by Gasteiger charge is 2.25. The second kappa shape index (κ2) is 10.3. The zero-order chi connectivity index (χ0) is 26.1. The van der Waals surface area contributed by atoms with Crippen LogP contribution in [0.25, 0.3) is 22.4 Å². The molecule has 3 aromatic carbocycles. The van der Waals surface area contributed by atoms with Crippen LogP contribution in [0.2, 0.25) is 5.02 Å². The molecule has 192 valence electrons. The summed E-state index contributed by atoms with van der Waals surface area (Å²) in [5, 5.41) is 3.14. The summed E-state index contributed by atoms with van der Waals surface area (Å²) in [4.78, 5) is 25.1. The standard InChI is InChI=1S/C29H25ClFN5O2/c30-21-11-6-12-22(31)26(21)27-32-16-24(33-27)28(37)35-29-34-23-14-13-20(38-17-18-7-2-1-3-8-18)15-25(23)36(29)19-9-4-5-10-19/h1-3,6-8,11-16,19H,4-5,9-10,17H2,(H,32,33)(H,34,35,37). The number of nitrogens with zero attached hydrogens (tertiary/aromatic N) is 3. The number of aromatic nitrogens is 4. The van der Waals surface area contributed by atoms with Crippen LogP contribution in [0.1, 0.15) is 47.8 Å². The molecule has 0 unspecified atom stereocenters. The molecule has 38 heavy (non-hydrogen) atoms. The van der Waals surface area contributed by atoms with Gasteiger partial charge >= 0.3 is 0 Å². The number of nitrogens with one attached hydrogen (secondary N) is 2. The fraction of sp³-hybridized carbons (Fsp3) is 0.207. The maximum Gasteiger partial charge on any atom is 0.278 e. The second-order valence-corrected chi connectivity index (χ2v) is 9.76. The number of ether oxygens (including phenoxy) is 1. The van der Waals surface area contributed by atoms with E-state index in [4.69, 9.17) is 21.3 Å². The summed E-state index contributed by atoms with van der Waals surface area (Å²) in [5.74, 6) is 0.396. The van der Waals surface area contributed by atoms with Crippen LogP contribution in [-0.4, -0.2) is 25.4 Å². The average Bonchev–Trinajstić information content (AvgIpc) is 3.68. The van der Waals surface area contributed by atoms with Gasteiger partial charge < -0.3 is 14.3 Å². The Balaban J connectivity index is 1.29. The van der Waals surface area contributed by atoms with Gasteiger partial charge in [-0.25, -0.2) is 14.4 Å². The molecule has 0 saturated heterocycles. The molecule has 6 rings (SSSR count). The molecule has 0 aliphatic heterocycles. The van der Waals surface area contributed by atoms with E-state index < -0.39 is 11.7 Å². The number of benzene rings is 3. The molecule has 1 saturated carbocycles. The summed E-state index contributed by atoms with van der Waals surface area (Å²) in [7, 11) is 0. The molecule has 2 aromatic heterocycles. The molecule has 0 radical (unpaired) electrons. The summed E-state index contributed by atoms with van der Waals surface area (Å²) in [6.45, 7) is 0.459. The third-order valence-electron chi connectivity index (χ3n) is 6.83. The SMILES string of the molecule is O=C(Nc1nc2ccc(OCc3ccccc3)cc2n1C1CCCC1)c1c[nH]c(-c2c(F)cccc2Cl)n1. The number of hydrogen-bond acceptors (Lipinski definition) is 4. The number of rotatable bonds is 7. The highest BCUT2D eigenvalue weighted by atomic mass is 35.5. The Bertz CT molecular complexity index is 1590. The number of fused-ring (bicyclic) bond motifs is 1. The monoisotopic (exact) mass is 529 g/mol. The smallest absolute Gasteiger partial charge is 0.278 e. The van der Waals surface area contributed by atoms with Gasteiger partial charge in [0, 0.05) is 18.3 Å². The first-order valence-electron chi connectivity index (χ1n) is 12.6. The van der Waals surface area contributed by atoms with Crippen LogP contribution < -0.4 is 10.1 Å². The van der Waals surface area contributed by atoms with Gasteiger partial charge in [0.05, 0.1) is 21.6 Å². The molecule has 2 heterocycles. The van der Waals surface area contributed by atoms with Crippen molar-refractivity contribution in [3.63, 3.8) is 0 Å². The van der Waals surface area contributed by atoms with Gasteiger partial charge in [0.1, 0.15) is 29.7 Å². The van der Waals surface area contributed by atoms with E-state index in [1.165, 1.54) is 18.3 Å². The first kappa shape index (κ1) is 24.2. The van der Waals surface area contributed by atoms with Crippen molar-refractivity contribution in [2.75, 3.05) is 5.32 Å². The van der Waals surface area contributed by atoms with E-state index in [1.54, 1.807) is 6.07 Å². The maximum atomic E-state index is 14.4. The number of anilines is 1. The van der Waals surface area contributed by atoms with Crippen molar-refractivity contribution in [3.05, 3.63) is 95.0 Å². The van der Waals surface area contributed by atoms with Gasteiger partial charge in [0.2, 0.25) is 5.95 Å². The van der Waals surface area contributed by atoms with Crippen LogP contribution in [-0.2, 0) is 6.61 Å². The van der Waals surface area contributed by atoms with Crippen LogP contribution >= 0.6 is 11.6 Å². The molecular formula is C29H25ClFN5O2. The Morgan fingerprint density at radius 1 is 1.08 bits per heavy atom. The first-order chi connectivity index (χ1) is 18.6. The summed E-state index contributed by atoms with van der Waals surface area (Å²) < 4.78 is 22.5. The van der Waals surface area contributed by atoms with Crippen molar-refractivity contribution >= 4 is 34.5 Å². The van der Waals surface area contributed by atoms with Crippen molar-refractivity contribution < 1.29 is 13.9 Å². The Morgan fingerprint density at radius 3 is 2.68 bits per heavy atom. The normalized spacial score (nSPS) is 13.7. The third kappa shape index (κ3) is 4.75. The van der Waals surface area contributed by atoms with Crippen molar-refractivity contribution in [1.29, 1.82) is 0 Å². The molecule has 0 atom stereocenters. The Kier molecular flexibility index (Phi) is 6.55. The number of imidazole rings is 2. The average molecular weight is 530 g/mol. The largest absolute Gasteiger partial charge is 0.489 e. The number of carbonyl (C=O) groups is 1. The van der Waals surface area contributed by atoms with E-state index in [0.717, 1.165) is 48.0 Å². The minimum Gasteiger partial charge on any atom is -0.489 e. The molecule has 7 nitrogen and oxygen atoms in total. The molecule has 5 aromatic rings. The van der Waals surface area contributed by atoms with Gasteiger partial charge in [-0.3, -0.25) is 10.1 Å². The summed E-state index contributed by atoms with van der Waals surface area (Å²) in [6, 6.07) is 20.4. The van der Waals surface area contributed by atoms with E-state index in [0.29, 0.717) is 12.6 Å². The Hall–Kier alpha value is -4.17. The number of halogens is 2. The van der Waals surface area contributed by atoms with Crippen LogP contribution in [0, 0.1) is 5.82 Å². The topological polar surface area (TPSA) is 84.8 Å². The van der Waals surface area contributed by atoms with Crippen molar-refractivity contribution in [2.45, 2.75) is 38.3 Å². The third-order valence-corrected chi connectivity index (χ3v) is 7.15. The van der Waals surface area contributed by atoms with E-state index in [2.05, 4.69) is 19.9 Å². The van der Waals surface area contributed by atoms with Gasteiger partial charge in [0.15, 0.2) is 0 Å². The van der Waals surface area contributed by atoms with Crippen molar-refractivity contribution in [3.8, 4) is 17.1 Å². The number of carbonyl (C=O) groups excluding carboxylic acids is 1. The lowest BCUT2D eigenvalue weighted by atomic mass is 10.2. The van der Waals surface area contributed by atoms with Gasteiger partial charge in [-0.2, -0.15) is 0 Å². The molecule has 9 heteroatoms. The van der Waals surface area contributed by atoms with Gasteiger partial charge in [-0.05, 0) is 42.7 Å². The van der Waals surface area contributed by atoms with Crippen LogP contribution in [0.15, 0.2) is 72.9 Å². The number of amides is 1. The fourth-order valence-electron chi connectivity index (χ4n) is 4.98. The van der Waals surface area contributed by atoms with Gasteiger partial charge in [-0.1, -0.05) is 60.8 Å². The molecular weight excluding hydrogens is 505 g/mol. The van der Waals surface area contributed by atoms with E-state index in [-0.39, 0.29) is 28.1 Å². The van der Waals surface area contributed by atoms with Crippen LogP contribution in [0.5, 0.6) is 5.75 Å². The second-order valence-electron chi connectivity index (χ2n) is 9.35. The highest BCUT2D eigenvalue weighted by Crippen LogP contribution is 2.37. The van der Waals surface area contributed by atoms with E-state index in [1.807, 2.05) is 48.5 Å². The molecule has 0 spiro atoms. The lowest BCUT2D eigenvalue weighted by Gasteiger charge is -2.16. The van der Waals surface area contributed by atoms with E-state index in [9.17, 15) is 9.18 Å². The first-order valence-corrected chi connectivity index (χ1v) is 12.9. The minimum absolute atomic E-state index is 0.108. The quantitative estimate of drug-likeness (QED) is 0.234. The number of H-pyrrole nitrogens is 1. The lowest BCUT2D eigenvalue weighted by molar-refractivity contribution is 0.102. The predicted octanol–water partition coefficient (Wildman–Crippen LogP) is 7.17. The van der Waals surface area contributed by atoms with Gasteiger partial charge in [-0.15, -0.1) is 0 Å². The maximum absolute atomic E-state index is 14.4. The summed E-state index contributed by atoms with van der Waals surface area (Å²) >= 11 is 6.17.